The molecule has 1 N–H and O–H groups in total. The zero-order valence-corrected chi connectivity index (χ0v) is 14.4. The van der Waals surface area contributed by atoms with Gasteiger partial charge in [0.25, 0.3) is 5.91 Å². The highest BCUT2D eigenvalue weighted by atomic mass is 35.5. The number of rotatable bonds is 4. The molecule has 138 valence electrons. The van der Waals surface area contributed by atoms with Crippen molar-refractivity contribution in [3.8, 4) is 11.6 Å². The van der Waals surface area contributed by atoms with E-state index < -0.39 is 17.6 Å². The molecule has 3 aromatic rings. The first-order chi connectivity index (χ1) is 12.8. The van der Waals surface area contributed by atoms with E-state index in [4.69, 9.17) is 16.3 Å². The number of carbonyl (C=O) groups excluding carboxylic acids is 1. The van der Waals surface area contributed by atoms with E-state index in [0.717, 1.165) is 12.1 Å². The first-order valence-corrected chi connectivity index (χ1v) is 8.09. The quantitative estimate of drug-likeness (QED) is 0.610. The SMILES string of the molecule is O=C(Nc1cccc(Oc2cccc(C(F)(F)F)c2)n1)c1ccccc1Cl. The Bertz CT molecular complexity index is 977. The molecule has 1 amide bonds. The number of nitrogens with one attached hydrogen (secondary N) is 1. The summed E-state index contributed by atoms with van der Waals surface area (Å²) in [6.07, 6.45) is -4.47. The highest BCUT2D eigenvalue weighted by Crippen LogP contribution is 2.32. The number of pyridine rings is 1. The van der Waals surface area contributed by atoms with Crippen molar-refractivity contribution in [3.05, 3.63) is 82.9 Å². The fourth-order valence-corrected chi connectivity index (χ4v) is 2.45. The summed E-state index contributed by atoms with van der Waals surface area (Å²) in [5.41, 5.74) is -0.562. The van der Waals surface area contributed by atoms with Gasteiger partial charge in [-0.1, -0.05) is 35.9 Å². The Balaban J connectivity index is 1.76. The molecule has 0 saturated carbocycles. The summed E-state index contributed by atoms with van der Waals surface area (Å²) >= 11 is 5.98. The molecule has 0 spiro atoms. The third-order valence-corrected chi connectivity index (χ3v) is 3.80. The molecule has 0 saturated heterocycles. The molecule has 0 fully saturated rings. The minimum Gasteiger partial charge on any atom is -0.439 e. The van der Waals surface area contributed by atoms with E-state index in [1.54, 1.807) is 30.3 Å². The van der Waals surface area contributed by atoms with Crippen LogP contribution in [0.1, 0.15) is 15.9 Å². The fourth-order valence-electron chi connectivity index (χ4n) is 2.23. The van der Waals surface area contributed by atoms with Crippen LogP contribution in [-0.4, -0.2) is 10.9 Å². The smallest absolute Gasteiger partial charge is 0.416 e. The van der Waals surface area contributed by atoms with Gasteiger partial charge in [-0.2, -0.15) is 18.2 Å². The van der Waals surface area contributed by atoms with Gasteiger partial charge in [-0.15, -0.1) is 0 Å². The van der Waals surface area contributed by atoms with Crippen LogP contribution in [0.5, 0.6) is 11.6 Å². The van der Waals surface area contributed by atoms with Gasteiger partial charge in [-0.25, -0.2) is 0 Å². The van der Waals surface area contributed by atoms with Crippen LogP contribution < -0.4 is 10.1 Å². The van der Waals surface area contributed by atoms with Crippen LogP contribution in [0.25, 0.3) is 0 Å². The third-order valence-electron chi connectivity index (χ3n) is 3.47. The van der Waals surface area contributed by atoms with Crippen molar-refractivity contribution in [3.63, 3.8) is 0 Å². The summed E-state index contributed by atoms with van der Waals surface area (Å²) < 4.78 is 43.7. The second kappa shape index (κ2) is 7.67. The van der Waals surface area contributed by atoms with Gasteiger partial charge in [0.1, 0.15) is 11.6 Å². The predicted molar refractivity (Wildman–Crippen MR) is 95.2 cm³/mol. The number of ether oxygens (including phenoxy) is 1. The fraction of sp³-hybridized carbons (Fsp3) is 0.0526. The molecule has 2 aromatic carbocycles. The lowest BCUT2D eigenvalue weighted by atomic mass is 10.2. The molecule has 0 aliphatic heterocycles. The number of anilines is 1. The van der Waals surface area contributed by atoms with Crippen molar-refractivity contribution in [2.45, 2.75) is 6.18 Å². The van der Waals surface area contributed by atoms with Crippen molar-refractivity contribution >= 4 is 23.3 Å². The molecule has 0 unspecified atom stereocenters. The number of benzene rings is 2. The van der Waals surface area contributed by atoms with Crippen LogP contribution in [-0.2, 0) is 6.18 Å². The molecule has 0 radical (unpaired) electrons. The maximum absolute atomic E-state index is 12.8. The Morgan fingerprint density at radius 1 is 1.00 bits per heavy atom. The molecule has 1 aromatic heterocycles. The summed E-state index contributed by atoms with van der Waals surface area (Å²) in [5, 5.41) is 2.85. The second-order valence-electron chi connectivity index (χ2n) is 5.42. The summed E-state index contributed by atoms with van der Waals surface area (Å²) in [6.45, 7) is 0. The molecule has 0 atom stereocenters. The Labute approximate surface area is 157 Å². The Kier molecular flexibility index (Phi) is 5.32. The molecule has 0 bridgehead atoms. The number of alkyl halides is 3. The molecular formula is C19H12ClF3N2O2. The van der Waals surface area contributed by atoms with Crippen molar-refractivity contribution < 1.29 is 22.7 Å². The van der Waals surface area contributed by atoms with Crippen LogP contribution in [0.4, 0.5) is 19.0 Å². The van der Waals surface area contributed by atoms with Crippen molar-refractivity contribution in [2.24, 2.45) is 0 Å². The zero-order valence-electron chi connectivity index (χ0n) is 13.6. The van der Waals surface area contributed by atoms with Gasteiger partial charge in [0.05, 0.1) is 16.1 Å². The maximum Gasteiger partial charge on any atom is 0.416 e. The minimum atomic E-state index is -4.47. The Hall–Kier alpha value is -3.06. The minimum absolute atomic E-state index is 0.0214. The number of carbonyl (C=O) groups is 1. The lowest BCUT2D eigenvalue weighted by molar-refractivity contribution is -0.137. The first-order valence-electron chi connectivity index (χ1n) is 7.71. The number of amides is 1. The van der Waals surface area contributed by atoms with Crippen molar-refractivity contribution in [2.75, 3.05) is 5.32 Å². The molecule has 0 aliphatic rings. The maximum atomic E-state index is 12.8. The van der Waals surface area contributed by atoms with Gasteiger partial charge in [-0.3, -0.25) is 4.79 Å². The van der Waals surface area contributed by atoms with Gasteiger partial charge in [0.15, 0.2) is 0 Å². The standard InChI is InChI=1S/C19H12ClF3N2O2/c20-15-8-2-1-7-14(15)18(26)25-16-9-4-10-17(24-16)27-13-6-3-5-12(11-13)19(21,22)23/h1-11H,(H,24,25,26). The Morgan fingerprint density at radius 2 is 1.74 bits per heavy atom. The molecule has 27 heavy (non-hydrogen) atoms. The third kappa shape index (κ3) is 4.77. The molecule has 1 heterocycles. The molecule has 0 aliphatic carbocycles. The van der Waals surface area contributed by atoms with E-state index in [1.165, 1.54) is 24.3 Å². The predicted octanol–water partition coefficient (Wildman–Crippen LogP) is 5.80. The topological polar surface area (TPSA) is 51.2 Å². The van der Waals surface area contributed by atoms with Crippen LogP contribution in [0.15, 0.2) is 66.7 Å². The summed E-state index contributed by atoms with van der Waals surface area (Å²) in [5.74, 6) is -0.285. The number of aromatic nitrogens is 1. The summed E-state index contributed by atoms with van der Waals surface area (Å²) in [4.78, 5) is 16.3. The number of nitrogens with zero attached hydrogens (tertiary/aromatic N) is 1. The number of halogens is 4. The largest absolute Gasteiger partial charge is 0.439 e. The number of hydrogen-bond donors (Lipinski definition) is 1. The van der Waals surface area contributed by atoms with Gasteiger partial charge >= 0.3 is 6.18 Å². The van der Waals surface area contributed by atoms with Crippen LogP contribution in [0, 0.1) is 0 Å². The average molecular weight is 393 g/mol. The van der Waals surface area contributed by atoms with Crippen molar-refractivity contribution in [1.29, 1.82) is 0 Å². The van der Waals surface area contributed by atoms with Crippen molar-refractivity contribution in [1.82, 2.24) is 4.98 Å². The lowest BCUT2D eigenvalue weighted by Gasteiger charge is -2.10. The van der Waals surface area contributed by atoms with E-state index in [0.29, 0.717) is 0 Å². The first kappa shape index (κ1) is 18.7. The van der Waals surface area contributed by atoms with E-state index in [-0.39, 0.29) is 28.0 Å². The van der Waals surface area contributed by atoms with Crippen LogP contribution in [0.2, 0.25) is 5.02 Å². The van der Waals surface area contributed by atoms with Gasteiger partial charge in [-0.05, 0) is 36.4 Å². The lowest BCUT2D eigenvalue weighted by Crippen LogP contribution is -2.13. The van der Waals surface area contributed by atoms with E-state index in [9.17, 15) is 18.0 Å². The zero-order chi connectivity index (χ0) is 19.4. The average Bonchev–Trinajstić information content (AvgIpc) is 2.62. The van der Waals surface area contributed by atoms with Gasteiger partial charge in [0.2, 0.25) is 5.88 Å². The Morgan fingerprint density at radius 3 is 2.48 bits per heavy atom. The monoisotopic (exact) mass is 392 g/mol. The summed E-state index contributed by atoms with van der Waals surface area (Å²) in [6, 6.07) is 15.5. The molecule has 8 heteroatoms. The second-order valence-corrected chi connectivity index (χ2v) is 5.83. The molecule has 4 nitrogen and oxygen atoms in total. The van der Waals surface area contributed by atoms with Crippen LogP contribution in [0.3, 0.4) is 0 Å². The summed E-state index contributed by atoms with van der Waals surface area (Å²) in [7, 11) is 0. The van der Waals surface area contributed by atoms with Gasteiger partial charge in [0, 0.05) is 6.07 Å². The number of hydrogen-bond acceptors (Lipinski definition) is 3. The highest BCUT2D eigenvalue weighted by Gasteiger charge is 2.30. The van der Waals surface area contributed by atoms with E-state index in [2.05, 4.69) is 10.3 Å². The molecular weight excluding hydrogens is 381 g/mol. The molecule has 3 rings (SSSR count). The van der Waals surface area contributed by atoms with Crippen LogP contribution >= 0.6 is 11.6 Å². The van der Waals surface area contributed by atoms with Gasteiger partial charge < -0.3 is 10.1 Å². The normalized spacial score (nSPS) is 11.1. The van der Waals surface area contributed by atoms with E-state index >= 15 is 0 Å². The highest BCUT2D eigenvalue weighted by molar-refractivity contribution is 6.34. The van der Waals surface area contributed by atoms with E-state index in [1.807, 2.05) is 0 Å².